The van der Waals surface area contributed by atoms with Crippen molar-refractivity contribution in [3.05, 3.63) is 35.3 Å². The van der Waals surface area contributed by atoms with Gasteiger partial charge in [-0.1, -0.05) is 6.07 Å². The summed E-state index contributed by atoms with van der Waals surface area (Å²) in [4.78, 5) is 8.15. The van der Waals surface area contributed by atoms with Crippen LogP contribution >= 0.6 is 11.3 Å². The van der Waals surface area contributed by atoms with Crippen molar-refractivity contribution < 1.29 is 9.84 Å². The molecule has 82 valence electrons. The van der Waals surface area contributed by atoms with Crippen LogP contribution in [0.5, 0.6) is 11.5 Å². The van der Waals surface area contributed by atoms with Gasteiger partial charge in [-0.05, 0) is 12.1 Å². The first kappa shape index (κ1) is 10.6. The van der Waals surface area contributed by atoms with Gasteiger partial charge in [0.1, 0.15) is 0 Å². The zero-order chi connectivity index (χ0) is 11.4. The lowest BCUT2D eigenvalue weighted by Gasteiger charge is -2.04. The molecule has 0 aliphatic heterocycles. The fourth-order valence-electron chi connectivity index (χ4n) is 1.21. The quantitative estimate of drug-likeness (QED) is 0.830. The Balaban J connectivity index is 2.28. The zero-order valence-corrected chi connectivity index (χ0v) is 9.44. The molecule has 16 heavy (non-hydrogen) atoms. The second kappa shape index (κ2) is 4.76. The van der Waals surface area contributed by atoms with Gasteiger partial charge in [0, 0.05) is 23.4 Å². The van der Waals surface area contributed by atoms with Crippen molar-refractivity contribution in [3.63, 3.8) is 0 Å². The molecule has 0 aliphatic carbocycles. The second-order valence-corrected chi connectivity index (χ2v) is 3.84. The minimum atomic E-state index is 0.0882. The minimum absolute atomic E-state index is 0.0882. The summed E-state index contributed by atoms with van der Waals surface area (Å²) in [5.74, 6) is 0.522. The van der Waals surface area contributed by atoms with E-state index >= 15 is 0 Å². The van der Waals surface area contributed by atoms with Crippen LogP contribution < -0.4 is 4.74 Å². The molecular weight excluding hydrogens is 224 g/mol. The molecule has 1 N–H and O–H groups in total. The number of aromatic nitrogens is 1. The van der Waals surface area contributed by atoms with Gasteiger partial charge in [-0.25, -0.2) is 9.98 Å². The highest BCUT2D eigenvalue weighted by Crippen LogP contribution is 2.28. The van der Waals surface area contributed by atoms with Crippen LogP contribution in [0.1, 0.15) is 5.56 Å². The normalized spacial score (nSPS) is 10.8. The second-order valence-electron chi connectivity index (χ2n) is 2.97. The third-order valence-corrected chi connectivity index (χ3v) is 2.66. The van der Waals surface area contributed by atoms with Crippen LogP contribution in [0.25, 0.3) is 0 Å². The Labute approximate surface area is 96.9 Å². The average Bonchev–Trinajstić information content (AvgIpc) is 2.81. The van der Waals surface area contributed by atoms with Crippen molar-refractivity contribution in [3.8, 4) is 11.5 Å². The van der Waals surface area contributed by atoms with E-state index in [1.54, 1.807) is 30.6 Å². The number of aliphatic imine (C=N–C) groups is 1. The van der Waals surface area contributed by atoms with Gasteiger partial charge in [0.05, 0.1) is 7.11 Å². The van der Waals surface area contributed by atoms with Crippen LogP contribution in [-0.4, -0.2) is 23.4 Å². The number of hydrogen-bond donors (Lipinski definition) is 1. The number of nitrogens with zero attached hydrogens (tertiary/aromatic N) is 2. The predicted molar refractivity (Wildman–Crippen MR) is 64.0 cm³/mol. The largest absolute Gasteiger partial charge is 0.504 e. The Bertz CT molecular complexity index is 495. The summed E-state index contributed by atoms with van der Waals surface area (Å²) in [6, 6.07) is 5.24. The first-order valence-corrected chi connectivity index (χ1v) is 5.49. The third kappa shape index (κ3) is 2.20. The molecule has 0 amide bonds. The van der Waals surface area contributed by atoms with Crippen LogP contribution in [0, 0.1) is 0 Å². The first-order valence-electron chi connectivity index (χ1n) is 4.61. The maximum Gasteiger partial charge on any atom is 0.209 e. The van der Waals surface area contributed by atoms with E-state index in [1.807, 2.05) is 5.38 Å². The molecule has 0 atom stereocenters. The SMILES string of the molecule is COc1cccc(/C=N/c2nccs2)c1O. The molecule has 0 spiro atoms. The minimum Gasteiger partial charge on any atom is -0.504 e. The van der Waals surface area contributed by atoms with Crippen molar-refractivity contribution >= 4 is 22.7 Å². The predicted octanol–water partition coefficient (Wildman–Crippen LogP) is 2.61. The van der Waals surface area contributed by atoms with Gasteiger partial charge >= 0.3 is 0 Å². The molecule has 2 rings (SSSR count). The van der Waals surface area contributed by atoms with Crippen LogP contribution in [0.4, 0.5) is 5.13 Å². The third-order valence-electron chi connectivity index (χ3n) is 1.98. The number of para-hydroxylation sites is 1. The number of hydrogen-bond acceptors (Lipinski definition) is 5. The topological polar surface area (TPSA) is 54.7 Å². The van der Waals surface area contributed by atoms with E-state index in [0.717, 1.165) is 0 Å². The molecule has 0 aliphatic rings. The fraction of sp³-hybridized carbons (Fsp3) is 0.0909. The smallest absolute Gasteiger partial charge is 0.209 e. The Kier molecular flexibility index (Phi) is 3.16. The maximum atomic E-state index is 9.78. The highest BCUT2D eigenvalue weighted by atomic mass is 32.1. The van der Waals surface area contributed by atoms with Crippen LogP contribution in [0.15, 0.2) is 34.8 Å². The molecule has 0 saturated heterocycles. The van der Waals surface area contributed by atoms with Crippen molar-refractivity contribution in [2.75, 3.05) is 7.11 Å². The number of benzene rings is 1. The van der Waals surface area contributed by atoms with Gasteiger partial charge < -0.3 is 9.84 Å². The van der Waals surface area contributed by atoms with E-state index in [2.05, 4.69) is 9.98 Å². The number of rotatable bonds is 3. The van der Waals surface area contributed by atoms with Gasteiger partial charge in [0.25, 0.3) is 0 Å². The summed E-state index contributed by atoms with van der Waals surface area (Å²) >= 11 is 1.44. The van der Waals surface area contributed by atoms with Gasteiger partial charge in [-0.3, -0.25) is 0 Å². The number of thiazole rings is 1. The van der Waals surface area contributed by atoms with E-state index in [0.29, 0.717) is 16.4 Å². The van der Waals surface area contributed by atoms with Crippen molar-refractivity contribution in [2.24, 2.45) is 4.99 Å². The summed E-state index contributed by atoms with van der Waals surface area (Å²) in [7, 11) is 1.51. The molecule has 4 nitrogen and oxygen atoms in total. The lowest BCUT2D eigenvalue weighted by molar-refractivity contribution is 0.373. The lowest BCUT2D eigenvalue weighted by atomic mass is 10.2. The standard InChI is InChI=1S/C11H10N2O2S/c1-15-9-4-2-3-8(10(9)14)7-13-11-12-5-6-16-11/h2-7,14H,1H3/b13-7+. The fourth-order valence-corrected chi connectivity index (χ4v) is 1.69. The lowest BCUT2D eigenvalue weighted by Crippen LogP contribution is -1.87. The summed E-state index contributed by atoms with van der Waals surface area (Å²) < 4.78 is 5.00. The van der Waals surface area contributed by atoms with Gasteiger partial charge in [0.15, 0.2) is 11.5 Å². The molecule has 0 radical (unpaired) electrons. The monoisotopic (exact) mass is 234 g/mol. The molecule has 5 heteroatoms. The van der Waals surface area contributed by atoms with E-state index < -0.39 is 0 Å². The molecule has 1 heterocycles. The highest BCUT2D eigenvalue weighted by Gasteiger charge is 2.04. The molecule has 0 unspecified atom stereocenters. The number of ether oxygens (including phenoxy) is 1. The molecule has 1 aromatic carbocycles. The highest BCUT2D eigenvalue weighted by molar-refractivity contribution is 7.13. The number of methoxy groups -OCH3 is 1. The Morgan fingerprint density at radius 1 is 1.50 bits per heavy atom. The Morgan fingerprint density at radius 3 is 3.06 bits per heavy atom. The van der Waals surface area contributed by atoms with Gasteiger partial charge in [-0.2, -0.15) is 0 Å². The van der Waals surface area contributed by atoms with Crippen LogP contribution in [0.2, 0.25) is 0 Å². The summed E-state index contributed by atoms with van der Waals surface area (Å²) in [5.41, 5.74) is 0.606. The average molecular weight is 234 g/mol. The molecule has 0 saturated carbocycles. The van der Waals surface area contributed by atoms with E-state index in [9.17, 15) is 5.11 Å². The zero-order valence-electron chi connectivity index (χ0n) is 8.62. The number of aromatic hydroxyl groups is 1. The molecule has 0 fully saturated rings. The first-order chi connectivity index (χ1) is 7.81. The van der Waals surface area contributed by atoms with Crippen molar-refractivity contribution in [1.29, 1.82) is 0 Å². The molecular formula is C11H10N2O2S. The molecule has 0 bridgehead atoms. The van der Waals surface area contributed by atoms with Crippen molar-refractivity contribution in [1.82, 2.24) is 4.98 Å². The molecule has 2 aromatic rings. The van der Waals surface area contributed by atoms with Crippen molar-refractivity contribution in [2.45, 2.75) is 0 Å². The summed E-state index contributed by atoms with van der Waals surface area (Å²) in [5, 5.41) is 12.3. The summed E-state index contributed by atoms with van der Waals surface area (Å²) in [6.45, 7) is 0. The van der Waals surface area contributed by atoms with E-state index in [-0.39, 0.29) is 5.75 Å². The number of phenolic OH excluding ortho intramolecular Hbond substituents is 1. The Hall–Kier alpha value is -1.88. The Morgan fingerprint density at radius 2 is 2.38 bits per heavy atom. The van der Waals surface area contributed by atoms with Gasteiger partial charge in [-0.15, -0.1) is 11.3 Å². The van der Waals surface area contributed by atoms with Crippen LogP contribution in [-0.2, 0) is 0 Å². The van der Waals surface area contributed by atoms with Gasteiger partial charge in [0.2, 0.25) is 5.13 Å². The molecule has 1 aromatic heterocycles. The van der Waals surface area contributed by atoms with E-state index in [4.69, 9.17) is 4.74 Å². The van der Waals surface area contributed by atoms with E-state index in [1.165, 1.54) is 18.4 Å². The number of phenols is 1. The maximum absolute atomic E-state index is 9.78. The van der Waals surface area contributed by atoms with Crippen LogP contribution in [0.3, 0.4) is 0 Å². The summed E-state index contributed by atoms with van der Waals surface area (Å²) in [6.07, 6.45) is 3.25.